The Labute approximate surface area is 122 Å². The van der Waals surface area contributed by atoms with Crippen molar-refractivity contribution in [2.45, 2.75) is 40.0 Å². The van der Waals surface area contributed by atoms with E-state index in [2.05, 4.69) is 73.8 Å². The van der Waals surface area contributed by atoms with Crippen LogP contribution in [-0.2, 0) is 5.41 Å². The number of benzene rings is 1. The molecule has 0 aliphatic rings. The van der Waals surface area contributed by atoms with Gasteiger partial charge in [-0.15, -0.1) is 0 Å². The maximum Gasteiger partial charge on any atom is 0.141 e. The lowest BCUT2D eigenvalue weighted by molar-refractivity contribution is 0.558. The van der Waals surface area contributed by atoms with Crippen molar-refractivity contribution in [1.29, 1.82) is 0 Å². The first kappa shape index (κ1) is 14.1. The predicted molar refractivity (Wildman–Crippen MR) is 83.9 cm³/mol. The second kappa shape index (κ2) is 4.67. The van der Waals surface area contributed by atoms with Crippen molar-refractivity contribution in [2.75, 3.05) is 5.73 Å². The molecule has 1 aromatic carbocycles. The number of nitrogens with zero attached hydrogens (tertiary/aromatic N) is 2. The van der Waals surface area contributed by atoms with E-state index < -0.39 is 0 Å². The zero-order chi connectivity index (χ0) is 14.4. The van der Waals surface area contributed by atoms with E-state index in [9.17, 15) is 0 Å². The van der Waals surface area contributed by atoms with Crippen molar-refractivity contribution < 1.29 is 0 Å². The van der Waals surface area contributed by atoms with Crippen molar-refractivity contribution in [3.8, 4) is 5.69 Å². The molecule has 0 unspecified atom stereocenters. The lowest BCUT2D eigenvalue weighted by Gasteiger charge is -2.15. The first-order chi connectivity index (χ1) is 8.70. The summed E-state index contributed by atoms with van der Waals surface area (Å²) >= 11 is 3.56. The molecule has 0 saturated carbocycles. The quantitative estimate of drug-likeness (QED) is 0.858. The maximum absolute atomic E-state index is 6.19. The summed E-state index contributed by atoms with van der Waals surface area (Å²) in [6.07, 6.45) is 0. The predicted octanol–water partition coefficient (Wildman–Crippen LogP) is 4.13. The molecule has 0 saturated heterocycles. The lowest BCUT2D eigenvalue weighted by atomic mass is 9.92. The number of hydrogen-bond donors (Lipinski definition) is 1. The summed E-state index contributed by atoms with van der Waals surface area (Å²) in [5, 5.41) is 4.68. The molecule has 0 fully saturated rings. The Balaban J connectivity index is 2.64. The van der Waals surface area contributed by atoms with Crippen LogP contribution in [0.15, 0.2) is 22.7 Å². The highest BCUT2D eigenvalue weighted by molar-refractivity contribution is 9.10. The number of hydrogen-bond acceptors (Lipinski definition) is 2. The Bertz CT molecular complexity index is 601. The minimum Gasteiger partial charge on any atom is -0.383 e. The average molecular weight is 322 g/mol. The summed E-state index contributed by atoms with van der Waals surface area (Å²) in [4.78, 5) is 0. The fraction of sp³-hybridized carbons (Fsp3) is 0.400. The van der Waals surface area contributed by atoms with Gasteiger partial charge in [0.15, 0.2) is 0 Å². The van der Waals surface area contributed by atoms with Crippen LogP contribution in [0, 0.1) is 13.8 Å². The standard InChI is InChI=1S/C15H20BrN3/c1-9-6-10(2)8-11(7-9)19-14(17)12(16)13(18-19)15(3,4)5/h6-8H,17H2,1-5H3. The van der Waals surface area contributed by atoms with E-state index in [1.807, 2.05) is 4.68 Å². The van der Waals surface area contributed by atoms with Crippen LogP contribution in [0.3, 0.4) is 0 Å². The van der Waals surface area contributed by atoms with Gasteiger partial charge in [-0.25, -0.2) is 4.68 Å². The fourth-order valence-electron chi connectivity index (χ4n) is 2.16. The molecular weight excluding hydrogens is 302 g/mol. The molecule has 1 heterocycles. The van der Waals surface area contributed by atoms with Crippen LogP contribution in [-0.4, -0.2) is 9.78 Å². The number of nitrogens with two attached hydrogens (primary N) is 1. The highest BCUT2D eigenvalue weighted by atomic mass is 79.9. The van der Waals surface area contributed by atoms with E-state index in [1.54, 1.807) is 0 Å². The topological polar surface area (TPSA) is 43.8 Å². The second-order valence-electron chi connectivity index (χ2n) is 6.06. The van der Waals surface area contributed by atoms with E-state index in [0.717, 1.165) is 15.9 Å². The Hall–Kier alpha value is -1.29. The Morgan fingerprint density at radius 1 is 1.11 bits per heavy atom. The second-order valence-corrected chi connectivity index (χ2v) is 6.85. The van der Waals surface area contributed by atoms with Gasteiger partial charge in [0.1, 0.15) is 5.82 Å². The molecule has 0 bridgehead atoms. The largest absolute Gasteiger partial charge is 0.383 e. The zero-order valence-electron chi connectivity index (χ0n) is 12.1. The van der Waals surface area contributed by atoms with Crippen LogP contribution in [0.25, 0.3) is 5.69 Å². The minimum atomic E-state index is -0.0446. The van der Waals surface area contributed by atoms with Gasteiger partial charge in [-0.05, 0) is 53.0 Å². The number of halogens is 1. The summed E-state index contributed by atoms with van der Waals surface area (Å²) in [5.74, 6) is 0.648. The van der Waals surface area contributed by atoms with E-state index in [1.165, 1.54) is 11.1 Å². The zero-order valence-corrected chi connectivity index (χ0v) is 13.7. The van der Waals surface area contributed by atoms with Crippen molar-refractivity contribution >= 4 is 21.7 Å². The van der Waals surface area contributed by atoms with Crippen molar-refractivity contribution in [3.05, 3.63) is 39.5 Å². The van der Waals surface area contributed by atoms with Crippen LogP contribution < -0.4 is 5.73 Å². The third-order valence-corrected chi connectivity index (χ3v) is 3.80. The van der Waals surface area contributed by atoms with Crippen LogP contribution in [0.4, 0.5) is 5.82 Å². The Morgan fingerprint density at radius 3 is 2.05 bits per heavy atom. The van der Waals surface area contributed by atoms with Crippen LogP contribution >= 0.6 is 15.9 Å². The molecule has 0 aliphatic heterocycles. The normalized spacial score (nSPS) is 11.9. The van der Waals surface area contributed by atoms with Crippen LogP contribution in [0.1, 0.15) is 37.6 Å². The number of anilines is 1. The van der Waals surface area contributed by atoms with Gasteiger partial charge in [-0.1, -0.05) is 26.8 Å². The maximum atomic E-state index is 6.19. The van der Waals surface area contributed by atoms with E-state index in [4.69, 9.17) is 5.73 Å². The molecule has 0 aliphatic carbocycles. The van der Waals surface area contributed by atoms with Gasteiger partial charge in [0.25, 0.3) is 0 Å². The smallest absolute Gasteiger partial charge is 0.141 e. The highest BCUT2D eigenvalue weighted by Gasteiger charge is 2.24. The molecule has 2 N–H and O–H groups in total. The average Bonchev–Trinajstić information content (AvgIpc) is 2.54. The summed E-state index contributed by atoms with van der Waals surface area (Å²) in [7, 11) is 0. The molecule has 2 aromatic rings. The number of aromatic nitrogens is 2. The van der Waals surface area contributed by atoms with Gasteiger partial charge in [-0.3, -0.25) is 0 Å². The first-order valence-electron chi connectivity index (χ1n) is 6.33. The summed E-state index contributed by atoms with van der Waals surface area (Å²) in [6.45, 7) is 10.5. The van der Waals surface area contributed by atoms with Gasteiger partial charge in [0.05, 0.1) is 15.9 Å². The monoisotopic (exact) mass is 321 g/mol. The molecule has 102 valence electrons. The fourth-order valence-corrected chi connectivity index (χ4v) is 3.00. The van der Waals surface area contributed by atoms with Crippen LogP contribution in [0.2, 0.25) is 0 Å². The van der Waals surface area contributed by atoms with E-state index in [-0.39, 0.29) is 5.41 Å². The molecular formula is C15H20BrN3. The number of aryl methyl sites for hydroxylation is 2. The van der Waals surface area contributed by atoms with Crippen molar-refractivity contribution in [1.82, 2.24) is 9.78 Å². The molecule has 1 aromatic heterocycles. The summed E-state index contributed by atoms with van der Waals surface area (Å²) < 4.78 is 2.70. The van der Waals surface area contributed by atoms with E-state index >= 15 is 0 Å². The van der Waals surface area contributed by atoms with Gasteiger partial charge >= 0.3 is 0 Å². The van der Waals surface area contributed by atoms with Gasteiger partial charge in [-0.2, -0.15) is 5.10 Å². The molecule has 19 heavy (non-hydrogen) atoms. The number of rotatable bonds is 1. The molecule has 0 radical (unpaired) electrons. The third-order valence-electron chi connectivity index (χ3n) is 3.02. The van der Waals surface area contributed by atoms with Gasteiger partial charge in [0.2, 0.25) is 0 Å². The third kappa shape index (κ3) is 2.68. The molecule has 2 rings (SSSR count). The molecule has 3 nitrogen and oxygen atoms in total. The molecule has 0 atom stereocenters. The van der Waals surface area contributed by atoms with Crippen LogP contribution in [0.5, 0.6) is 0 Å². The molecule has 0 spiro atoms. The number of nitrogen functional groups attached to an aromatic ring is 1. The molecule has 4 heteroatoms. The Kier molecular flexibility index (Phi) is 3.47. The lowest BCUT2D eigenvalue weighted by Crippen LogP contribution is -2.13. The SMILES string of the molecule is Cc1cc(C)cc(-n2nc(C(C)(C)C)c(Br)c2N)c1. The molecule has 0 amide bonds. The highest BCUT2D eigenvalue weighted by Crippen LogP contribution is 2.34. The van der Waals surface area contributed by atoms with Crippen molar-refractivity contribution in [3.63, 3.8) is 0 Å². The van der Waals surface area contributed by atoms with Crippen molar-refractivity contribution in [2.24, 2.45) is 0 Å². The summed E-state index contributed by atoms with van der Waals surface area (Å²) in [5.41, 5.74) is 10.5. The van der Waals surface area contributed by atoms with Gasteiger partial charge in [0, 0.05) is 5.41 Å². The Morgan fingerprint density at radius 2 is 1.63 bits per heavy atom. The van der Waals surface area contributed by atoms with E-state index in [0.29, 0.717) is 5.82 Å². The minimum absolute atomic E-state index is 0.0446. The summed E-state index contributed by atoms with van der Waals surface area (Å²) in [6, 6.07) is 6.33. The first-order valence-corrected chi connectivity index (χ1v) is 7.12. The van der Waals surface area contributed by atoms with Gasteiger partial charge < -0.3 is 5.73 Å².